The van der Waals surface area contributed by atoms with Gasteiger partial charge in [-0.15, -0.1) is 0 Å². The van der Waals surface area contributed by atoms with Gasteiger partial charge in [-0.25, -0.2) is 15.0 Å². The third-order valence-electron chi connectivity index (χ3n) is 5.06. The summed E-state index contributed by atoms with van der Waals surface area (Å²) in [6, 6.07) is 3.51. The molecule has 1 N–H and O–H groups in total. The smallest absolute Gasteiger partial charge is 0.422 e. The highest BCUT2D eigenvalue weighted by molar-refractivity contribution is 5.80. The first-order valence-corrected chi connectivity index (χ1v) is 10.0. The number of piperidine rings is 1. The lowest BCUT2D eigenvalue weighted by molar-refractivity contribution is -0.154. The van der Waals surface area contributed by atoms with Gasteiger partial charge < -0.3 is 19.5 Å². The highest BCUT2D eigenvalue weighted by Crippen LogP contribution is 2.27. The van der Waals surface area contributed by atoms with Gasteiger partial charge in [0.15, 0.2) is 12.6 Å². The Hall–Kier alpha value is -2.78. The van der Waals surface area contributed by atoms with E-state index in [0.717, 1.165) is 37.6 Å². The lowest BCUT2D eigenvalue weighted by Gasteiger charge is -2.39. The number of nitrogens with one attached hydrogen (secondary N) is 1. The topological polar surface area (TPSA) is 67.6 Å². The lowest BCUT2D eigenvalue weighted by atomic mass is 9.93. The van der Waals surface area contributed by atoms with Crippen LogP contribution in [0, 0.1) is 5.92 Å². The Kier molecular flexibility index (Phi) is 7.17. The number of ether oxygens (including phenoxy) is 1. The van der Waals surface area contributed by atoms with Crippen LogP contribution < -0.4 is 10.1 Å². The van der Waals surface area contributed by atoms with E-state index in [1.54, 1.807) is 12.3 Å². The molecule has 164 valence electrons. The van der Waals surface area contributed by atoms with Gasteiger partial charge in [0.25, 0.3) is 0 Å². The van der Waals surface area contributed by atoms with Crippen molar-refractivity contribution in [3.8, 4) is 5.88 Å². The molecule has 3 heterocycles. The van der Waals surface area contributed by atoms with Gasteiger partial charge in [0, 0.05) is 44.3 Å². The standard InChI is InChI=1S/C20H27F3N6O/c1-3-25-19(28-8-5-15(2)17(12-28)29-9-7-24-14-29)27-11-16-4-6-26-18(10-16)30-13-20(21,22)23/h4,6-7,9-10,14-15,17H,3,5,8,11-13H2,1-2H3,(H,25,27). The van der Waals surface area contributed by atoms with E-state index in [2.05, 4.69) is 31.7 Å². The maximum Gasteiger partial charge on any atom is 0.422 e. The van der Waals surface area contributed by atoms with Crippen LogP contribution in [0.25, 0.3) is 0 Å². The molecule has 0 bridgehead atoms. The first-order chi connectivity index (χ1) is 14.4. The number of halogens is 3. The van der Waals surface area contributed by atoms with Gasteiger partial charge in [-0.3, -0.25) is 0 Å². The van der Waals surface area contributed by atoms with Crippen molar-refractivity contribution in [3.05, 3.63) is 42.6 Å². The number of pyridine rings is 1. The number of likely N-dealkylation sites (tertiary alicyclic amines) is 1. The van der Waals surface area contributed by atoms with Crippen molar-refractivity contribution in [3.63, 3.8) is 0 Å². The fourth-order valence-electron chi connectivity index (χ4n) is 3.47. The van der Waals surface area contributed by atoms with Crippen LogP contribution >= 0.6 is 0 Å². The summed E-state index contributed by atoms with van der Waals surface area (Å²) >= 11 is 0. The molecule has 3 rings (SSSR count). The van der Waals surface area contributed by atoms with E-state index in [-0.39, 0.29) is 5.88 Å². The minimum Gasteiger partial charge on any atom is -0.468 e. The van der Waals surface area contributed by atoms with E-state index < -0.39 is 12.8 Å². The van der Waals surface area contributed by atoms with Crippen LogP contribution in [0.5, 0.6) is 5.88 Å². The Labute approximate surface area is 174 Å². The first-order valence-electron chi connectivity index (χ1n) is 10.0. The van der Waals surface area contributed by atoms with Gasteiger partial charge in [0.1, 0.15) is 0 Å². The van der Waals surface area contributed by atoms with Crippen LogP contribution in [-0.2, 0) is 6.54 Å². The summed E-state index contributed by atoms with van der Waals surface area (Å²) in [6.45, 7) is 5.60. The zero-order chi connectivity index (χ0) is 21.6. The SMILES string of the molecule is CCNC(=NCc1ccnc(OCC(F)(F)F)c1)N1CCC(C)C(n2ccnc2)C1. The van der Waals surface area contributed by atoms with E-state index in [0.29, 0.717) is 18.5 Å². The summed E-state index contributed by atoms with van der Waals surface area (Å²) in [5.41, 5.74) is 0.731. The number of guanidine groups is 1. The molecule has 7 nitrogen and oxygen atoms in total. The summed E-state index contributed by atoms with van der Waals surface area (Å²) in [7, 11) is 0. The number of alkyl halides is 3. The zero-order valence-corrected chi connectivity index (χ0v) is 17.1. The molecule has 1 aliphatic heterocycles. The minimum absolute atomic E-state index is 0.0583. The molecule has 0 amide bonds. The van der Waals surface area contributed by atoms with Gasteiger partial charge in [0.05, 0.1) is 18.9 Å². The largest absolute Gasteiger partial charge is 0.468 e. The molecule has 1 fully saturated rings. The number of aliphatic imine (C=N–C) groups is 1. The number of hydrogen-bond acceptors (Lipinski definition) is 4. The van der Waals surface area contributed by atoms with E-state index in [1.807, 2.05) is 19.4 Å². The number of aromatic nitrogens is 3. The molecule has 0 saturated carbocycles. The Morgan fingerprint density at radius 2 is 2.20 bits per heavy atom. The number of rotatable bonds is 6. The van der Waals surface area contributed by atoms with E-state index in [9.17, 15) is 13.2 Å². The predicted octanol–water partition coefficient (Wildman–Crippen LogP) is 3.27. The molecule has 0 spiro atoms. The molecular weight excluding hydrogens is 397 g/mol. The lowest BCUT2D eigenvalue weighted by Crippen LogP contribution is -2.49. The monoisotopic (exact) mass is 424 g/mol. The molecule has 0 aromatic carbocycles. The third kappa shape index (κ3) is 6.11. The van der Waals surface area contributed by atoms with Crippen molar-refractivity contribution < 1.29 is 17.9 Å². The quantitative estimate of drug-likeness (QED) is 0.570. The Balaban J connectivity index is 1.68. The molecule has 1 saturated heterocycles. The molecule has 30 heavy (non-hydrogen) atoms. The summed E-state index contributed by atoms with van der Waals surface area (Å²) in [5.74, 6) is 1.24. The maximum atomic E-state index is 12.4. The zero-order valence-electron chi connectivity index (χ0n) is 17.1. The minimum atomic E-state index is -4.40. The summed E-state index contributed by atoms with van der Waals surface area (Å²) in [4.78, 5) is 14.9. The van der Waals surface area contributed by atoms with E-state index >= 15 is 0 Å². The molecule has 0 radical (unpaired) electrons. The van der Waals surface area contributed by atoms with Crippen molar-refractivity contribution in [2.45, 2.75) is 39.0 Å². The van der Waals surface area contributed by atoms with Gasteiger partial charge >= 0.3 is 6.18 Å². The summed E-state index contributed by atoms with van der Waals surface area (Å²) < 4.78 is 43.9. The maximum absolute atomic E-state index is 12.4. The van der Waals surface area contributed by atoms with Crippen molar-refractivity contribution >= 4 is 5.96 Å². The van der Waals surface area contributed by atoms with Crippen LogP contribution in [0.3, 0.4) is 0 Å². The molecule has 2 atom stereocenters. The van der Waals surface area contributed by atoms with Crippen LogP contribution in [0.2, 0.25) is 0 Å². The highest BCUT2D eigenvalue weighted by atomic mass is 19.4. The first kappa shape index (κ1) is 21.9. The molecule has 2 unspecified atom stereocenters. The molecule has 2 aromatic rings. The second kappa shape index (κ2) is 9.82. The summed E-state index contributed by atoms with van der Waals surface area (Å²) in [5, 5.41) is 3.32. The van der Waals surface area contributed by atoms with Crippen molar-refractivity contribution in [1.29, 1.82) is 0 Å². The Morgan fingerprint density at radius 3 is 2.90 bits per heavy atom. The van der Waals surface area contributed by atoms with Crippen LogP contribution in [0.4, 0.5) is 13.2 Å². The van der Waals surface area contributed by atoms with Crippen molar-refractivity contribution in [2.75, 3.05) is 26.2 Å². The van der Waals surface area contributed by atoms with Gasteiger partial charge in [-0.1, -0.05) is 6.92 Å². The van der Waals surface area contributed by atoms with Crippen LogP contribution in [-0.4, -0.2) is 57.8 Å². The average Bonchev–Trinajstić information content (AvgIpc) is 3.24. The van der Waals surface area contributed by atoms with Crippen LogP contribution in [0.15, 0.2) is 42.0 Å². The number of hydrogen-bond donors (Lipinski definition) is 1. The molecule has 2 aromatic heterocycles. The fraction of sp³-hybridized carbons (Fsp3) is 0.550. The van der Waals surface area contributed by atoms with Crippen LogP contribution in [0.1, 0.15) is 31.9 Å². The van der Waals surface area contributed by atoms with Gasteiger partial charge in [0.2, 0.25) is 5.88 Å². The van der Waals surface area contributed by atoms with Crippen molar-refractivity contribution in [2.24, 2.45) is 10.9 Å². The highest BCUT2D eigenvalue weighted by Gasteiger charge is 2.29. The average molecular weight is 424 g/mol. The van der Waals surface area contributed by atoms with Crippen molar-refractivity contribution in [1.82, 2.24) is 24.8 Å². The normalized spacial score (nSPS) is 20.3. The predicted molar refractivity (Wildman–Crippen MR) is 107 cm³/mol. The van der Waals surface area contributed by atoms with Gasteiger partial charge in [-0.2, -0.15) is 13.2 Å². The fourth-order valence-corrected chi connectivity index (χ4v) is 3.47. The number of nitrogens with zero attached hydrogens (tertiary/aromatic N) is 5. The van der Waals surface area contributed by atoms with E-state index in [1.165, 1.54) is 12.3 Å². The second-order valence-corrected chi connectivity index (χ2v) is 7.37. The third-order valence-corrected chi connectivity index (χ3v) is 5.06. The Morgan fingerprint density at radius 1 is 1.37 bits per heavy atom. The number of imidazole rings is 1. The molecular formula is C20H27F3N6O. The van der Waals surface area contributed by atoms with Gasteiger partial charge in [-0.05, 0) is 30.9 Å². The summed E-state index contributed by atoms with van der Waals surface area (Å²) in [6.07, 6.45) is 3.67. The second-order valence-electron chi connectivity index (χ2n) is 7.37. The molecule has 10 heteroatoms. The Bertz CT molecular complexity index is 824. The molecule has 1 aliphatic rings. The molecule has 0 aliphatic carbocycles. The van der Waals surface area contributed by atoms with E-state index in [4.69, 9.17) is 9.73 Å².